The fraction of sp³-hybridized carbons (Fsp3) is 0.385. The number of nitrogens with zero attached hydrogens (tertiary/aromatic N) is 1. The Morgan fingerprint density at radius 2 is 2.11 bits per heavy atom. The number of anilines is 1. The maximum atomic E-state index is 12.7. The molecule has 1 N–H and O–H groups in total. The van der Waals surface area contributed by atoms with Crippen LogP contribution in [-0.4, -0.2) is 29.8 Å². The Labute approximate surface area is 105 Å². The number of likely N-dealkylation sites (tertiary alicyclic amines) is 1. The van der Waals surface area contributed by atoms with Gasteiger partial charge in [-0.2, -0.15) is 0 Å². The number of hydrogen-bond acceptors (Lipinski definition) is 2. The average Bonchev–Trinajstić information content (AvgIpc) is 2.73. The van der Waals surface area contributed by atoms with Gasteiger partial charge in [0.1, 0.15) is 5.82 Å². The van der Waals surface area contributed by atoms with Crippen molar-refractivity contribution in [2.75, 3.05) is 18.4 Å². The smallest absolute Gasteiger partial charge is 0.229 e. The van der Waals surface area contributed by atoms with Crippen molar-refractivity contribution in [2.24, 2.45) is 5.92 Å². The second-order valence-electron chi connectivity index (χ2n) is 4.33. The van der Waals surface area contributed by atoms with Crippen LogP contribution in [-0.2, 0) is 9.59 Å². The summed E-state index contributed by atoms with van der Waals surface area (Å²) < 4.78 is 12.7. The van der Waals surface area contributed by atoms with Crippen LogP contribution in [0.1, 0.15) is 13.3 Å². The number of hydrogen-bond donors (Lipinski definition) is 1. The lowest BCUT2D eigenvalue weighted by Crippen LogP contribution is -2.28. The average molecular weight is 250 g/mol. The molecule has 0 saturated carbocycles. The van der Waals surface area contributed by atoms with E-state index >= 15 is 0 Å². The lowest BCUT2D eigenvalue weighted by molar-refractivity contribution is -0.128. The predicted molar refractivity (Wildman–Crippen MR) is 65.4 cm³/mol. The zero-order valence-electron chi connectivity index (χ0n) is 10.1. The Morgan fingerprint density at radius 1 is 1.44 bits per heavy atom. The van der Waals surface area contributed by atoms with E-state index in [2.05, 4.69) is 5.32 Å². The molecule has 2 rings (SSSR count). The summed E-state index contributed by atoms with van der Waals surface area (Å²) in [6.07, 6.45) is 0.251. The second-order valence-corrected chi connectivity index (χ2v) is 4.33. The number of amides is 2. The van der Waals surface area contributed by atoms with Gasteiger partial charge in [0.2, 0.25) is 11.8 Å². The minimum absolute atomic E-state index is 0.0109. The van der Waals surface area contributed by atoms with E-state index in [1.165, 1.54) is 24.3 Å². The molecule has 1 aliphatic rings. The summed E-state index contributed by atoms with van der Waals surface area (Å²) in [4.78, 5) is 25.1. The first-order chi connectivity index (χ1) is 8.60. The van der Waals surface area contributed by atoms with Crippen LogP contribution in [0.2, 0.25) is 0 Å². The minimum Gasteiger partial charge on any atom is -0.342 e. The molecule has 1 atom stereocenters. The fourth-order valence-corrected chi connectivity index (χ4v) is 2.03. The fourth-order valence-electron chi connectivity index (χ4n) is 2.03. The summed E-state index contributed by atoms with van der Waals surface area (Å²) in [5.41, 5.74) is 0.545. The maximum absolute atomic E-state index is 12.7. The molecule has 0 radical (unpaired) electrons. The number of carbonyl (C=O) groups is 2. The van der Waals surface area contributed by atoms with Crippen LogP contribution in [0.25, 0.3) is 0 Å². The van der Waals surface area contributed by atoms with Gasteiger partial charge >= 0.3 is 0 Å². The van der Waals surface area contributed by atoms with Gasteiger partial charge in [-0.3, -0.25) is 9.59 Å². The lowest BCUT2D eigenvalue weighted by atomic mass is 10.1. The first-order valence-electron chi connectivity index (χ1n) is 5.94. The largest absolute Gasteiger partial charge is 0.342 e. The second kappa shape index (κ2) is 5.16. The van der Waals surface area contributed by atoms with Crippen molar-refractivity contribution >= 4 is 17.5 Å². The zero-order valence-corrected chi connectivity index (χ0v) is 10.1. The van der Waals surface area contributed by atoms with E-state index in [4.69, 9.17) is 0 Å². The van der Waals surface area contributed by atoms with Gasteiger partial charge < -0.3 is 10.2 Å². The van der Waals surface area contributed by atoms with E-state index in [1.54, 1.807) is 4.90 Å². The Bertz CT molecular complexity index is 459. The Kier molecular flexibility index (Phi) is 3.60. The molecule has 1 saturated heterocycles. The van der Waals surface area contributed by atoms with E-state index in [9.17, 15) is 14.0 Å². The van der Waals surface area contributed by atoms with Crippen molar-refractivity contribution in [3.63, 3.8) is 0 Å². The van der Waals surface area contributed by atoms with Gasteiger partial charge in [-0.05, 0) is 31.2 Å². The Morgan fingerprint density at radius 3 is 2.67 bits per heavy atom. The summed E-state index contributed by atoms with van der Waals surface area (Å²) in [6, 6.07) is 5.57. The monoisotopic (exact) mass is 250 g/mol. The van der Waals surface area contributed by atoms with Crippen LogP contribution >= 0.6 is 0 Å². The molecule has 1 aromatic carbocycles. The molecule has 2 amide bonds. The Balaban J connectivity index is 1.97. The quantitative estimate of drug-likeness (QED) is 0.886. The molecule has 1 unspecified atom stereocenters. The SMILES string of the molecule is CCN1CC(C(=O)Nc2ccc(F)cc2)CC1=O. The molecule has 18 heavy (non-hydrogen) atoms. The predicted octanol–water partition coefficient (Wildman–Crippen LogP) is 1.63. The number of rotatable bonds is 3. The molecule has 5 heteroatoms. The summed E-state index contributed by atoms with van der Waals surface area (Å²) >= 11 is 0. The minimum atomic E-state index is -0.346. The normalized spacial score (nSPS) is 19.1. The molecule has 4 nitrogen and oxygen atoms in total. The highest BCUT2D eigenvalue weighted by molar-refractivity contribution is 5.97. The number of halogens is 1. The van der Waals surface area contributed by atoms with E-state index in [0.717, 1.165) is 0 Å². The first kappa shape index (κ1) is 12.5. The van der Waals surface area contributed by atoms with Gasteiger partial charge in [-0.15, -0.1) is 0 Å². The van der Waals surface area contributed by atoms with Crippen molar-refractivity contribution in [3.05, 3.63) is 30.1 Å². The van der Waals surface area contributed by atoms with Gasteiger partial charge in [0.05, 0.1) is 5.92 Å². The third kappa shape index (κ3) is 2.67. The maximum Gasteiger partial charge on any atom is 0.229 e. The lowest BCUT2D eigenvalue weighted by Gasteiger charge is -2.13. The molecule has 1 heterocycles. The number of nitrogens with one attached hydrogen (secondary N) is 1. The molecule has 0 aromatic heterocycles. The summed E-state index contributed by atoms with van der Waals surface area (Å²) in [5, 5.41) is 2.69. The van der Waals surface area contributed by atoms with Gasteiger partial charge in [0.25, 0.3) is 0 Å². The Hall–Kier alpha value is -1.91. The highest BCUT2D eigenvalue weighted by Crippen LogP contribution is 2.19. The zero-order chi connectivity index (χ0) is 13.1. The number of carbonyl (C=O) groups excluding carboxylic acids is 2. The van der Waals surface area contributed by atoms with Crippen molar-refractivity contribution in [1.29, 1.82) is 0 Å². The van der Waals surface area contributed by atoms with Crippen LogP contribution in [0, 0.1) is 11.7 Å². The first-order valence-corrected chi connectivity index (χ1v) is 5.94. The number of benzene rings is 1. The molecule has 0 aliphatic carbocycles. The molecule has 96 valence electrons. The molecular formula is C13H15FN2O2. The summed E-state index contributed by atoms with van der Waals surface area (Å²) in [7, 11) is 0. The van der Waals surface area contributed by atoms with Crippen molar-refractivity contribution in [3.8, 4) is 0 Å². The molecule has 1 aromatic rings. The van der Waals surface area contributed by atoms with E-state index in [-0.39, 0.29) is 30.0 Å². The third-order valence-corrected chi connectivity index (χ3v) is 3.08. The van der Waals surface area contributed by atoms with Gasteiger partial charge in [0, 0.05) is 25.2 Å². The van der Waals surface area contributed by atoms with Crippen LogP contribution in [0.5, 0.6) is 0 Å². The molecule has 1 fully saturated rings. The summed E-state index contributed by atoms with van der Waals surface area (Å²) in [5.74, 6) is -0.841. The van der Waals surface area contributed by atoms with Crippen LogP contribution in [0.4, 0.5) is 10.1 Å². The van der Waals surface area contributed by atoms with E-state index in [0.29, 0.717) is 18.8 Å². The van der Waals surface area contributed by atoms with Gasteiger partial charge in [-0.1, -0.05) is 0 Å². The third-order valence-electron chi connectivity index (χ3n) is 3.08. The van der Waals surface area contributed by atoms with Crippen molar-refractivity contribution < 1.29 is 14.0 Å². The standard InChI is InChI=1S/C13H15FN2O2/c1-2-16-8-9(7-12(16)17)13(18)15-11-5-3-10(14)4-6-11/h3-6,9H,2,7-8H2,1H3,(H,15,18). The van der Waals surface area contributed by atoms with E-state index in [1.807, 2.05) is 6.92 Å². The summed E-state index contributed by atoms with van der Waals surface area (Å²) in [6.45, 7) is 2.97. The molecule has 1 aliphatic heterocycles. The van der Waals surface area contributed by atoms with Crippen molar-refractivity contribution in [2.45, 2.75) is 13.3 Å². The van der Waals surface area contributed by atoms with Crippen LogP contribution in [0.3, 0.4) is 0 Å². The topological polar surface area (TPSA) is 49.4 Å². The molecule has 0 bridgehead atoms. The van der Waals surface area contributed by atoms with Crippen LogP contribution < -0.4 is 5.32 Å². The molecule has 0 spiro atoms. The van der Waals surface area contributed by atoms with Crippen molar-refractivity contribution in [1.82, 2.24) is 4.90 Å². The van der Waals surface area contributed by atoms with E-state index < -0.39 is 0 Å². The highest BCUT2D eigenvalue weighted by atomic mass is 19.1. The van der Waals surface area contributed by atoms with Gasteiger partial charge in [-0.25, -0.2) is 4.39 Å². The highest BCUT2D eigenvalue weighted by Gasteiger charge is 2.33. The van der Waals surface area contributed by atoms with Crippen LogP contribution in [0.15, 0.2) is 24.3 Å². The van der Waals surface area contributed by atoms with Gasteiger partial charge in [0.15, 0.2) is 0 Å². The molecular weight excluding hydrogens is 235 g/mol.